The molecule has 8 heteroatoms. The lowest BCUT2D eigenvalue weighted by molar-refractivity contribution is 0.0996. The Morgan fingerprint density at radius 2 is 2.32 bits per heavy atom. The summed E-state index contributed by atoms with van der Waals surface area (Å²) in [5.41, 5.74) is 8.72. The molecule has 0 unspecified atom stereocenters. The molecule has 0 spiro atoms. The largest absolute Gasteiger partial charge is 0.382 e. The number of nitrogens with two attached hydrogens (primary N) is 1. The van der Waals surface area contributed by atoms with E-state index in [9.17, 15) is 4.79 Å². The fraction of sp³-hybridized carbons (Fsp3) is 0.176. The average Bonchev–Trinajstić information content (AvgIpc) is 2.93. The molecule has 7 nitrogen and oxygen atoms in total. The zero-order valence-electron chi connectivity index (χ0n) is 13.6. The summed E-state index contributed by atoms with van der Waals surface area (Å²) in [6, 6.07) is 8.73. The quantitative estimate of drug-likeness (QED) is 0.562. The van der Waals surface area contributed by atoms with Crippen LogP contribution >= 0.6 is 11.6 Å². The maximum absolute atomic E-state index is 12.8. The van der Waals surface area contributed by atoms with E-state index in [-0.39, 0.29) is 11.7 Å². The monoisotopic (exact) mass is 356 g/mol. The van der Waals surface area contributed by atoms with E-state index < -0.39 is 0 Å². The summed E-state index contributed by atoms with van der Waals surface area (Å²) in [6.07, 6.45) is 0.854. The molecule has 1 aromatic heterocycles. The number of aliphatic imine (C=N–C) groups is 1. The Labute approximate surface area is 150 Å². The molecule has 1 aliphatic heterocycles. The zero-order chi connectivity index (χ0) is 18.0. The minimum Gasteiger partial charge on any atom is -0.382 e. The highest BCUT2D eigenvalue weighted by Gasteiger charge is 2.31. The summed E-state index contributed by atoms with van der Waals surface area (Å²) in [4.78, 5) is 22.5. The fourth-order valence-corrected chi connectivity index (χ4v) is 3.07. The molecule has 0 fully saturated rings. The molecule has 0 aliphatic carbocycles. The Hall–Kier alpha value is -2.77. The highest BCUT2D eigenvalue weighted by molar-refractivity contribution is 6.31. The van der Waals surface area contributed by atoms with Crippen molar-refractivity contribution in [3.05, 3.63) is 57.7 Å². The van der Waals surface area contributed by atoms with Crippen molar-refractivity contribution in [2.45, 2.75) is 13.1 Å². The predicted octanol–water partition coefficient (Wildman–Crippen LogP) is 1.93. The van der Waals surface area contributed by atoms with Crippen molar-refractivity contribution in [3.63, 3.8) is 0 Å². The first kappa shape index (κ1) is 17.1. The lowest BCUT2D eigenvalue weighted by Gasteiger charge is -2.15. The number of fused-ring (bicyclic) bond motifs is 1. The summed E-state index contributed by atoms with van der Waals surface area (Å²) in [5.74, 6) is 0.454. The van der Waals surface area contributed by atoms with Crippen molar-refractivity contribution < 1.29 is 4.79 Å². The van der Waals surface area contributed by atoms with Crippen LogP contribution in [0.15, 0.2) is 35.3 Å². The van der Waals surface area contributed by atoms with Crippen LogP contribution in [-0.2, 0) is 13.1 Å². The highest BCUT2D eigenvalue weighted by atomic mass is 35.5. The van der Waals surface area contributed by atoms with Crippen molar-refractivity contribution in [2.24, 2.45) is 10.7 Å². The normalized spacial score (nSPS) is 13.9. The van der Waals surface area contributed by atoms with E-state index in [1.54, 1.807) is 29.2 Å². The highest BCUT2D eigenvalue weighted by Crippen LogP contribution is 2.32. The van der Waals surface area contributed by atoms with Gasteiger partial charge in [-0.05, 0) is 42.4 Å². The Kier molecular flexibility index (Phi) is 4.78. The number of nitrogens with one attached hydrogen (secondary N) is 2. The fourth-order valence-electron chi connectivity index (χ4n) is 2.83. The van der Waals surface area contributed by atoms with Crippen molar-refractivity contribution in [1.29, 1.82) is 5.41 Å². The van der Waals surface area contributed by atoms with Gasteiger partial charge in [0, 0.05) is 17.1 Å². The second-order valence-electron chi connectivity index (χ2n) is 5.54. The van der Waals surface area contributed by atoms with Gasteiger partial charge in [-0.3, -0.25) is 15.1 Å². The molecular formula is C17H17ClN6O. The number of amidine groups is 1. The number of nitrogens with zero attached hydrogens (tertiary/aromatic N) is 3. The molecule has 1 amide bonds. The van der Waals surface area contributed by atoms with Crippen LogP contribution in [-0.4, -0.2) is 30.1 Å². The van der Waals surface area contributed by atoms with Gasteiger partial charge in [0.25, 0.3) is 5.91 Å². The molecular weight excluding hydrogens is 340 g/mol. The number of rotatable bonds is 5. The van der Waals surface area contributed by atoms with Crippen LogP contribution in [0.25, 0.3) is 0 Å². The van der Waals surface area contributed by atoms with Gasteiger partial charge in [-0.15, -0.1) is 0 Å². The number of carbonyl (C=O) groups excluding carboxylic acids is 1. The third kappa shape index (κ3) is 3.24. The minimum atomic E-state index is -0.151. The summed E-state index contributed by atoms with van der Waals surface area (Å²) in [5, 5.41) is 10.6. The van der Waals surface area contributed by atoms with E-state index in [2.05, 4.69) is 15.3 Å². The summed E-state index contributed by atoms with van der Waals surface area (Å²) in [6.45, 7) is 1.04. The lowest BCUT2D eigenvalue weighted by Crippen LogP contribution is -2.25. The van der Waals surface area contributed by atoms with E-state index in [0.29, 0.717) is 35.2 Å². The Morgan fingerprint density at radius 3 is 3.04 bits per heavy atom. The van der Waals surface area contributed by atoms with E-state index >= 15 is 0 Å². The first-order chi connectivity index (χ1) is 12.0. The third-order valence-electron chi connectivity index (χ3n) is 3.94. The van der Waals surface area contributed by atoms with Crippen molar-refractivity contribution in [2.75, 3.05) is 11.9 Å². The van der Waals surface area contributed by atoms with E-state index in [1.165, 1.54) is 0 Å². The van der Waals surface area contributed by atoms with Gasteiger partial charge in [0.1, 0.15) is 17.9 Å². The van der Waals surface area contributed by atoms with Gasteiger partial charge in [0.15, 0.2) is 5.84 Å². The number of anilines is 1. The summed E-state index contributed by atoms with van der Waals surface area (Å²) in [7, 11) is 1.85. The summed E-state index contributed by atoms with van der Waals surface area (Å²) < 4.78 is 0. The number of halogens is 1. The SMILES string of the molecule is CNCc1cc(Cl)cc2c1CN(c1cccc(C(N)=NC=N)n1)C2=O. The molecule has 0 atom stereocenters. The molecule has 1 aromatic carbocycles. The minimum absolute atomic E-state index is 0.125. The maximum atomic E-state index is 12.8. The number of benzene rings is 1. The number of pyridine rings is 1. The molecule has 25 heavy (non-hydrogen) atoms. The van der Waals surface area contributed by atoms with E-state index in [1.807, 2.05) is 13.1 Å². The van der Waals surface area contributed by atoms with Gasteiger partial charge in [-0.2, -0.15) is 0 Å². The molecule has 1 aliphatic rings. The van der Waals surface area contributed by atoms with Gasteiger partial charge >= 0.3 is 0 Å². The smallest absolute Gasteiger partial charge is 0.260 e. The first-order valence-corrected chi connectivity index (χ1v) is 8.00. The molecule has 0 saturated heterocycles. The molecule has 2 heterocycles. The zero-order valence-corrected chi connectivity index (χ0v) is 14.3. The molecule has 0 radical (unpaired) electrons. The first-order valence-electron chi connectivity index (χ1n) is 7.62. The van der Waals surface area contributed by atoms with Crippen LogP contribution in [0.4, 0.5) is 5.82 Å². The molecule has 2 aromatic rings. The van der Waals surface area contributed by atoms with Crippen LogP contribution in [0.2, 0.25) is 5.02 Å². The topological polar surface area (TPSA) is 107 Å². The van der Waals surface area contributed by atoms with E-state index in [0.717, 1.165) is 17.5 Å². The number of hydrogen-bond donors (Lipinski definition) is 3. The van der Waals surface area contributed by atoms with Gasteiger partial charge in [0.05, 0.1) is 6.54 Å². The van der Waals surface area contributed by atoms with Gasteiger partial charge < -0.3 is 11.1 Å². The second kappa shape index (κ2) is 7.00. The van der Waals surface area contributed by atoms with Gasteiger partial charge in [0.2, 0.25) is 0 Å². The van der Waals surface area contributed by atoms with Gasteiger partial charge in [-0.25, -0.2) is 9.98 Å². The second-order valence-corrected chi connectivity index (χ2v) is 5.97. The van der Waals surface area contributed by atoms with Crippen molar-refractivity contribution >= 4 is 35.5 Å². The van der Waals surface area contributed by atoms with Crippen LogP contribution in [0.1, 0.15) is 27.2 Å². The Bertz CT molecular complexity index is 879. The van der Waals surface area contributed by atoms with Crippen LogP contribution < -0.4 is 16.0 Å². The molecule has 128 valence electrons. The van der Waals surface area contributed by atoms with Crippen molar-refractivity contribution in [3.8, 4) is 0 Å². The van der Waals surface area contributed by atoms with Crippen LogP contribution in [0.3, 0.4) is 0 Å². The molecule has 3 rings (SSSR count). The standard InChI is InChI=1S/C17H17ClN6O/c1-21-7-10-5-11(18)6-12-13(10)8-24(17(12)25)15-4-2-3-14(23-15)16(20)22-9-19/h2-6,9,21H,7-8H2,1H3,(H3,19,20,22). The maximum Gasteiger partial charge on any atom is 0.260 e. The number of carbonyl (C=O) groups is 1. The molecule has 0 saturated carbocycles. The Balaban J connectivity index is 2.00. The van der Waals surface area contributed by atoms with E-state index in [4.69, 9.17) is 22.7 Å². The third-order valence-corrected chi connectivity index (χ3v) is 4.16. The average molecular weight is 357 g/mol. The van der Waals surface area contributed by atoms with Gasteiger partial charge in [-0.1, -0.05) is 17.7 Å². The van der Waals surface area contributed by atoms with Crippen molar-refractivity contribution in [1.82, 2.24) is 10.3 Å². The molecule has 0 bridgehead atoms. The predicted molar refractivity (Wildman–Crippen MR) is 98.5 cm³/mol. The number of hydrogen-bond acceptors (Lipinski definition) is 4. The molecule has 4 N–H and O–H groups in total. The van der Waals surface area contributed by atoms with Crippen LogP contribution in [0.5, 0.6) is 0 Å². The lowest BCUT2D eigenvalue weighted by atomic mass is 10.0. The summed E-state index contributed by atoms with van der Waals surface area (Å²) >= 11 is 6.16. The Morgan fingerprint density at radius 1 is 1.52 bits per heavy atom. The van der Waals surface area contributed by atoms with Crippen LogP contribution in [0, 0.1) is 5.41 Å². The number of amides is 1. The number of aromatic nitrogens is 1.